The summed E-state index contributed by atoms with van der Waals surface area (Å²) in [4.78, 5) is 35.2. The normalized spacial score (nSPS) is 9.44. The SMILES string of the molecule is CCNC(=O)CN(C)C(=O)N(C)CC(=O)O. The molecule has 7 heteroatoms. The van der Waals surface area contributed by atoms with Crippen molar-refractivity contribution >= 4 is 17.9 Å². The molecular formula is C9H17N3O4. The first-order chi connectivity index (χ1) is 7.38. The minimum atomic E-state index is -1.10. The molecule has 7 nitrogen and oxygen atoms in total. The van der Waals surface area contributed by atoms with Crippen molar-refractivity contribution in [3.63, 3.8) is 0 Å². The van der Waals surface area contributed by atoms with Crippen LogP contribution in [0.1, 0.15) is 6.92 Å². The van der Waals surface area contributed by atoms with Crippen molar-refractivity contribution in [1.29, 1.82) is 0 Å². The van der Waals surface area contributed by atoms with Crippen molar-refractivity contribution in [3.8, 4) is 0 Å². The van der Waals surface area contributed by atoms with Crippen LogP contribution in [0.3, 0.4) is 0 Å². The molecule has 2 N–H and O–H groups in total. The van der Waals surface area contributed by atoms with E-state index in [4.69, 9.17) is 5.11 Å². The van der Waals surface area contributed by atoms with Gasteiger partial charge in [-0.05, 0) is 6.92 Å². The zero-order valence-corrected chi connectivity index (χ0v) is 9.69. The lowest BCUT2D eigenvalue weighted by Crippen LogP contribution is -2.45. The lowest BCUT2D eigenvalue weighted by Gasteiger charge is -2.22. The number of carbonyl (C=O) groups excluding carboxylic acids is 2. The van der Waals surface area contributed by atoms with Crippen molar-refractivity contribution in [2.24, 2.45) is 0 Å². The number of carboxylic acids is 1. The van der Waals surface area contributed by atoms with Crippen LogP contribution in [0.25, 0.3) is 0 Å². The molecule has 0 aliphatic heterocycles. The topological polar surface area (TPSA) is 90.0 Å². The fourth-order valence-corrected chi connectivity index (χ4v) is 1.10. The summed E-state index contributed by atoms with van der Waals surface area (Å²) in [7, 11) is 2.81. The summed E-state index contributed by atoms with van der Waals surface area (Å²) in [5, 5.41) is 11.0. The van der Waals surface area contributed by atoms with Gasteiger partial charge in [-0.2, -0.15) is 0 Å². The molecule has 0 rings (SSSR count). The lowest BCUT2D eigenvalue weighted by molar-refractivity contribution is -0.137. The zero-order chi connectivity index (χ0) is 12.7. The van der Waals surface area contributed by atoms with E-state index < -0.39 is 18.5 Å². The van der Waals surface area contributed by atoms with Gasteiger partial charge in [0.05, 0.1) is 0 Å². The molecule has 3 amide bonds. The van der Waals surface area contributed by atoms with Gasteiger partial charge >= 0.3 is 12.0 Å². The molecule has 0 aromatic heterocycles. The summed E-state index contributed by atoms with van der Waals surface area (Å²) >= 11 is 0. The number of rotatable bonds is 5. The second kappa shape index (κ2) is 6.65. The average Bonchev–Trinajstić information content (AvgIpc) is 2.15. The van der Waals surface area contributed by atoms with Crippen LogP contribution in [0.5, 0.6) is 0 Å². The van der Waals surface area contributed by atoms with Crippen LogP contribution in [0, 0.1) is 0 Å². The fraction of sp³-hybridized carbons (Fsp3) is 0.667. The number of aliphatic carboxylic acids is 1. The molecule has 92 valence electrons. The number of carboxylic acid groups (broad SMARTS) is 1. The molecule has 0 atom stereocenters. The number of nitrogens with one attached hydrogen (secondary N) is 1. The molecular weight excluding hydrogens is 214 g/mol. The monoisotopic (exact) mass is 231 g/mol. The number of amides is 3. The third-order valence-corrected chi connectivity index (χ3v) is 1.78. The Hall–Kier alpha value is -1.79. The van der Waals surface area contributed by atoms with E-state index in [9.17, 15) is 14.4 Å². The molecule has 0 radical (unpaired) electrons. The molecule has 16 heavy (non-hydrogen) atoms. The number of likely N-dealkylation sites (N-methyl/N-ethyl adjacent to an activating group) is 3. The molecule has 0 aromatic rings. The van der Waals surface area contributed by atoms with Gasteiger partial charge in [0.25, 0.3) is 0 Å². The highest BCUT2D eigenvalue weighted by Crippen LogP contribution is 1.93. The van der Waals surface area contributed by atoms with E-state index in [1.54, 1.807) is 6.92 Å². The molecule has 0 saturated heterocycles. The Balaban J connectivity index is 4.16. The first-order valence-corrected chi connectivity index (χ1v) is 4.83. The van der Waals surface area contributed by atoms with E-state index in [0.29, 0.717) is 6.54 Å². The van der Waals surface area contributed by atoms with Crippen LogP contribution in [-0.4, -0.2) is 66.5 Å². The summed E-state index contributed by atoms with van der Waals surface area (Å²) in [6, 6.07) is -0.506. The molecule has 0 unspecified atom stereocenters. The highest BCUT2D eigenvalue weighted by Gasteiger charge is 2.18. The Bertz CT molecular complexity index is 280. The number of hydrogen-bond donors (Lipinski definition) is 2. The highest BCUT2D eigenvalue weighted by molar-refractivity contribution is 5.85. The predicted molar refractivity (Wildman–Crippen MR) is 57.0 cm³/mol. The van der Waals surface area contributed by atoms with Crippen molar-refractivity contribution in [3.05, 3.63) is 0 Å². The minimum Gasteiger partial charge on any atom is -0.480 e. The highest BCUT2D eigenvalue weighted by atomic mass is 16.4. The van der Waals surface area contributed by atoms with Crippen LogP contribution in [-0.2, 0) is 9.59 Å². The van der Waals surface area contributed by atoms with Crippen LogP contribution >= 0.6 is 0 Å². The van der Waals surface area contributed by atoms with Crippen molar-refractivity contribution in [2.45, 2.75) is 6.92 Å². The van der Waals surface area contributed by atoms with Gasteiger partial charge in [-0.3, -0.25) is 9.59 Å². The Kier molecular flexibility index (Phi) is 5.91. The fourth-order valence-electron chi connectivity index (χ4n) is 1.10. The Morgan fingerprint density at radius 3 is 2.06 bits per heavy atom. The van der Waals surface area contributed by atoms with Crippen LogP contribution < -0.4 is 5.32 Å². The molecule has 0 spiro atoms. The van der Waals surface area contributed by atoms with Gasteiger partial charge in [0.1, 0.15) is 13.1 Å². The molecule has 0 bridgehead atoms. The first kappa shape index (κ1) is 14.2. The summed E-state index contributed by atoms with van der Waals surface area (Å²) < 4.78 is 0. The van der Waals surface area contributed by atoms with Gasteiger partial charge in [0.2, 0.25) is 5.91 Å². The standard InChI is InChI=1S/C9H17N3O4/c1-4-10-7(13)5-11(2)9(16)12(3)6-8(14)15/h4-6H2,1-3H3,(H,10,13)(H,14,15). The van der Waals surface area contributed by atoms with E-state index in [1.165, 1.54) is 14.1 Å². The number of carbonyl (C=O) groups is 3. The third-order valence-electron chi connectivity index (χ3n) is 1.78. The van der Waals surface area contributed by atoms with Gasteiger partial charge in [0.15, 0.2) is 0 Å². The second-order valence-electron chi connectivity index (χ2n) is 3.34. The van der Waals surface area contributed by atoms with E-state index in [2.05, 4.69) is 5.32 Å². The van der Waals surface area contributed by atoms with Gasteiger partial charge in [-0.25, -0.2) is 4.79 Å². The predicted octanol–water partition coefficient (Wildman–Crippen LogP) is -0.809. The molecule has 0 saturated carbocycles. The maximum absolute atomic E-state index is 11.5. The van der Waals surface area contributed by atoms with E-state index in [0.717, 1.165) is 9.80 Å². The van der Waals surface area contributed by atoms with Gasteiger partial charge in [-0.15, -0.1) is 0 Å². The Labute approximate surface area is 94.0 Å². The maximum Gasteiger partial charge on any atom is 0.323 e. The summed E-state index contributed by atoms with van der Waals surface area (Å²) in [6.07, 6.45) is 0. The van der Waals surface area contributed by atoms with Gasteiger partial charge in [0, 0.05) is 20.6 Å². The van der Waals surface area contributed by atoms with Crippen molar-refractivity contribution in [2.75, 3.05) is 33.7 Å². The zero-order valence-electron chi connectivity index (χ0n) is 9.69. The molecule has 0 fully saturated rings. The second-order valence-corrected chi connectivity index (χ2v) is 3.34. The minimum absolute atomic E-state index is 0.0867. The lowest BCUT2D eigenvalue weighted by atomic mass is 10.5. The Morgan fingerprint density at radius 1 is 1.12 bits per heavy atom. The average molecular weight is 231 g/mol. The van der Waals surface area contributed by atoms with Crippen molar-refractivity contribution in [1.82, 2.24) is 15.1 Å². The third kappa shape index (κ3) is 5.18. The smallest absolute Gasteiger partial charge is 0.323 e. The molecule has 0 aliphatic carbocycles. The van der Waals surface area contributed by atoms with Crippen LogP contribution in [0.2, 0.25) is 0 Å². The molecule has 0 heterocycles. The van der Waals surface area contributed by atoms with E-state index in [-0.39, 0.29) is 12.5 Å². The van der Waals surface area contributed by atoms with Gasteiger partial charge in [-0.1, -0.05) is 0 Å². The molecule has 0 aliphatic rings. The number of nitrogens with zero attached hydrogens (tertiary/aromatic N) is 2. The largest absolute Gasteiger partial charge is 0.480 e. The number of urea groups is 1. The maximum atomic E-state index is 11.5. The number of hydrogen-bond acceptors (Lipinski definition) is 3. The summed E-state index contributed by atoms with van der Waals surface area (Å²) in [5.41, 5.74) is 0. The Morgan fingerprint density at radius 2 is 1.62 bits per heavy atom. The molecule has 0 aromatic carbocycles. The summed E-state index contributed by atoms with van der Waals surface area (Å²) in [6.45, 7) is 1.79. The van der Waals surface area contributed by atoms with Crippen LogP contribution in [0.4, 0.5) is 4.79 Å². The first-order valence-electron chi connectivity index (χ1n) is 4.83. The van der Waals surface area contributed by atoms with Gasteiger partial charge < -0.3 is 20.2 Å². The van der Waals surface area contributed by atoms with Crippen molar-refractivity contribution < 1.29 is 19.5 Å². The van der Waals surface area contributed by atoms with Crippen LogP contribution in [0.15, 0.2) is 0 Å². The van der Waals surface area contributed by atoms with E-state index >= 15 is 0 Å². The summed E-state index contributed by atoms with van der Waals surface area (Å²) in [5.74, 6) is -1.37. The quantitative estimate of drug-likeness (QED) is 0.647. The van der Waals surface area contributed by atoms with E-state index in [1.807, 2.05) is 0 Å².